The molecule has 0 spiro atoms. The summed E-state index contributed by atoms with van der Waals surface area (Å²) in [6, 6.07) is 0. The molecule has 0 atom stereocenters. The third-order valence-corrected chi connectivity index (χ3v) is 2.22. The van der Waals surface area contributed by atoms with Gasteiger partial charge in [-0.3, -0.25) is 0 Å². The van der Waals surface area contributed by atoms with Crippen LogP contribution in [0.5, 0.6) is 0 Å². The Bertz CT molecular complexity index is 170. The Balaban J connectivity index is 4.32. The standard InChI is InChI=1S/C12H21/c1-7-11(10(3)4)9-12(5,6)8-2/h8,10H,2,9H2,1,3-6H3. The maximum Gasteiger partial charge on any atom is -0.0140 e. The molecule has 0 aliphatic carbocycles. The average Bonchev–Trinajstić information content (AvgIpc) is 2.00. The Kier molecular flexibility index (Phi) is 4.30. The quantitative estimate of drug-likeness (QED) is 0.552. The zero-order chi connectivity index (χ0) is 9.78. The third-order valence-electron chi connectivity index (χ3n) is 2.22. The van der Waals surface area contributed by atoms with Gasteiger partial charge in [-0.05, 0) is 30.8 Å². The van der Waals surface area contributed by atoms with Crippen LogP contribution in [-0.2, 0) is 0 Å². The van der Waals surface area contributed by atoms with E-state index in [0.29, 0.717) is 5.92 Å². The van der Waals surface area contributed by atoms with Gasteiger partial charge in [0.1, 0.15) is 0 Å². The molecule has 0 aliphatic rings. The molecular weight excluding hydrogens is 144 g/mol. The van der Waals surface area contributed by atoms with Gasteiger partial charge in [0, 0.05) is 0 Å². The minimum Gasteiger partial charge on any atom is -0.103 e. The smallest absolute Gasteiger partial charge is 0.0140 e. The molecule has 0 amide bonds. The summed E-state index contributed by atoms with van der Waals surface area (Å²) in [7, 11) is 0. The van der Waals surface area contributed by atoms with Gasteiger partial charge < -0.3 is 0 Å². The minimum absolute atomic E-state index is 0.211. The fourth-order valence-corrected chi connectivity index (χ4v) is 1.14. The van der Waals surface area contributed by atoms with Gasteiger partial charge in [0.25, 0.3) is 0 Å². The maximum absolute atomic E-state index is 3.84. The molecule has 0 N–H and O–H groups in total. The van der Waals surface area contributed by atoms with Gasteiger partial charge in [-0.15, -0.1) is 6.58 Å². The molecule has 0 aliphatic heterocycles. The van der Waals surface area contributed by atoms with E-state index in [4.69, 9.17) is 0 Å². The second-order valence-electron chi connectivity index (χ2n) is 4.30. The van der Waals surface area contributed by atoms with Crippen molar-refractivity contribution in [2.45, 2.75) is 41.0 Å². The Morgan fingerprint density at radius 3 is 2.25 bits per heavy atom. The molecule has 69 valence electrons. The first-order valence-corrected chi connectivity index (χ1v) is 4.60. The van der Waals surface area contributed by atoms with Crippen molar-refractivity contribution in [1.82, 2.24) is 0 Å². The predicted octanol–water partition coefficient (Wildman–Crippen LogP) is 3.99. The molecule has 0 aromatic carbocycles. The molecule has 0 unspecified atom stereocenters. The lowest BCUT2D eigenvalue weighted by Gasteiger charge is -2.23. The molecule has 0 nitrogen and oxygen atoms in total. The predicted molar refractivity (Wildman–Crippen MR) is 55.9 cm³/mol. The monoisotopic (exact) mass is 165 g/mol. The Labute approximate surface area is 77.4 Å². The third kappa shape index (κ3) is 3.75. The fourth-order valence-electron chi connectivity index (χ4n) is 1.14. The van der Waals surface area contributed by atoms with Crippen molar-refractivity contribution in [2.75, 3.05) is 0 Å². The molecule has 0 saturated carbocycles. The summed E-state index contributed by atoms with van der Waals surface area (Å²) in [6.07, 6.45) is 6.36. The average molecular weight is 165 g/mol. The summed E-state index contributed by atoms with van der Waals surface area (Å²) in [6.45, 7) is 14.7. The molecule has 1 radical (unpaired) electrons. The molecule has 0 bridgehead atoms. The highest BCUT2D eigenvalue weighted by Crippen LogP contribution is 2.29. The van der Waals surface area contributed by atoms with Crippen molar-refractivity contribution in [2.24, 2.45) is 11.3 Å². The summed E-state index contributed by atoms with van der Waals surface area (Å²) in [5.74, 6) is 0.606. The summed E-state index contributed by atoms with van der Waals surface area (Å²) >= 11 is 0. The summed E-state index contributed by atoms with van der Waals surface area (Å²) < 4.78 is 0. The van der Waals surface area contributed by atoms with E-state index >= 15 is 0 Å². The van der Waals surface area contributed by atoms with Crippen LogP contribution >= 0.6 is 0 Å². The Morgan fingerprint density at radius 2 is 2.00 bits per heavy atom. The van der Waals surface area contributed by atoms with Crippen LogP contribution in [0.3, 0.4) is 0 Å². The van der Waals surface area contributed by atoms with E-state index < -0.39 is 0 Å². The molecule has 0 saturated heterocycles. The van der Waals surface area contributed by atoms with E-state index in [1.54, 1.807) is 0 Å². The van der Waals surface area contributed by atoms with E-state index in [1.807, 2.05) is 13.0 Å². The highest BCUT2D eigenvalue weighted by Gasteiger charge is 2.16. The van der Waals surface area contributed by atoms with Crippen LogP contribution in [0.4, 0.5) is 0 Å². The first-order chi connectivity index (χ1) is 5.43. The molecule has 0 heteroatoms. The zero-order valence-corrected chi connectivity index (χ0v) is 9.07. The van der Waals surface area contributed by atoms with Crippen LogP contribution in [0, 0.1) is 17.4 Å². The highest BCUT2D eigenvalue weighted by molar-refractivity contribution is 5.06. The van der Waals surface area contributed by atoms with Gasteiger partial charge in [-0.2, -0.15) is 0 Å². The molecule has 12 heavy (non-hydrogen) atoms. The number of rotatable bonds is 4. The van der Waals surface area contributed by atoms with Crippen LogP contribution in [0.25, 0.3) is 0 Å². The van der Waals surface area contributed by atoms with Crippen molar-refractivity contribution in [3.63, 3.8) is 0 Å². The molecular formula is C12H21. The fraction of sp³-hybridized carbons (Fsp3) is 0.667. The van der Waals surface area contributed by atoms with Crippen molar-refractivity contribution in [3.05, 3.63) is 24.3 Å². The second kappa shape index (κ2) is 4.49. The van der Waals surface area contributed by atoms with Gasteiger partial charge >= 0.3 is 0 Å². The number of hydrogen-bond donors (Lipinski definition) is 0. The van der Waals surface area contributed by atoms with Crippen LogP contribution < -0.4 is 0 Å². The molecule has 0 fully saturated rings. The normalized spacial score (nSPS) is 13.7. The summed E-state index contributed by atoms with van der Waals surface area (Å²) in [4.78, 5) is 0. The summed E-state index contributed by atoms with van der Waals surface area (Å²) in [5, 5.41) is 0. The van der Waals surface area contributed by atoms with Gasteiger partial charge in [-0.25, -0.2) is 0 Å². The Morgan fingerprint density at radius 1 is 1.50 bits per heavy atom. The van der Waals surface area contributed by atoms with Crippen LogP contribution in [-0.4, -0.2) is 0 Å². The topological polar surface area (TPSA) is 0 Å². The van der Waals surface area contributed by atoms with E-state index in [1.165, 1.54) is 5.57 Å². The molecule has 0 aromatic heterocycles. The van der Waals surface area contributed by atoms with E-state index in [0.717, 1.165) is 6.42 Å². The highest BCUT2D eigenvalue weighted by atomic mass is 14.2. The van der Waals surface area contributed by atoms with Crippen molar-refractivity contribution in [1.29, 1.82) is 0 Å². The van der Waals surface area contributed by atoms with Crippen LogP contribution in [0.15, 0.2) is 18.2 Å². The van der Waals surface area contributed by atoms with Crippen molar-refractivity contribution >= 4 is 0 Å². The Hall–Kier alpha value is -0.520. The van der Waals surface area contributed by atoms with E-state index in [9.17, 15) is 0 Å². The van der Waals surface area contributed by atoms with Gasteiger partial charge in [0.2, 0.25) is 0 Å². The molecule has 0 heterocycles. The minimum atomic E-state index is 0.211. The first kappa shape index (κ1) is 11.5. The zero-order valence-electron chi connectivity index (χ0n) is 9.07. The lowest BCUT2D eigenvalue weighted by molar-refractivity contribution is 0.453. The number of allylic oxidation sites excluding steroid dienone is 3. The lowest BCUT2D eigenvalue weighted by Crippen LogP contribution is -2.10. The molecule has 0 rings (SSSR count). The van der Waals surface area contributed by atoms with E-state index in [-0.39, 0.29) is 5.41 Å². The van der Waals surface area contributed by atoms with Gasteiger partial charge in [0.15, 0.2) is 0 Å². The summed E-state index contributed by atoms with van der Waals surface area (Å²) in [5.41, 5.74) is 1.61. The number of hydrogen-bond acceptors (Lipinski definition) is 0. The van der Waals surface area contributed by atoms with Crippen LogP contribution in [0.1, 0.15) is 41.0 Å². The first-order valence-electron chi connectivity index (χ1n) is 4.60. The van der Waals surface area contributed by atoms with E-state index in [2.05, 4.69) is 40.3 Å². The lowest BCUT2D eigenvalue weighted by atomic mass is 9.82. The van der Waals surface area contributed by atoms with Gasteiger partial charge in [-0.1, -0.05) is 39.3 Å². The van der Waals surface area contributed by atoms with Crippen LogP contribution in [0.2, 0.25) is 0 Å². The molecule has 0 aromatic rings. The largest absolute Gasteiger partial charge is 0.103 e. The van der Waals surface area contributed by atoms with Crippen molar-refractivity contribution in [3.8, 4) is 0 Å². The van der Waals surface area contributed by atoms with Gasteiger partial charge in [0.05, 0.1) is 0 Å². The second-order valence-corrected chi connectivity index (χ2v) is 4.30. The van der Waals surface area contributed by atoms with Crippen molar-refractivity contribution < 1.29 is 0 Å². The maximum atomic E-state index is 3.84. The SMILES string of the molecule is C=CC(C)(C)C/C(=[C]/C)C(C)C.